The van der Waals surface area contributed by atoms with Crippen LogP contribution in [-0.2, 0) is 0 Å². The molecule has 0 spiro atoms. The molecular weight excluding hydrogens is 364 g/mol. The Morgan fingerprint density at radius 3 is 2.70 bits per heavy atom. The molecule has 27 heavy (non-hydrogen) atoms. The minimum Gasteiger partial charge on any atom is -0.497 e. The van der Waals surface area contributed by atoms with Gasteiger partial charge in [0.1, 0.15) is 5.75 Å². The van der Waals surface area contributed by atoms with Gasteiger partial charge in [-0.05, 0) is 48.9 Å². The third kappa shape index (κ3) is 3.39. The van der Waals surface area contributed by atoms with Crippen LogP contribution in [-0.4, -0.2) is 37.9 Å². The summed E-state index contributed by atoms with van der Waals surface area (Å²) in [5, 5.41) is 13.1. The first kappa shape index (κ1) is 17.2. The predicted molar refractivity (Wildman–Crippen MR) is 102 cm³/mol. The van der Waals surface area contributed by atoms with E-state index in [0.29, 0.717) is 5.95 Å². The van der Waals surface area contributed by atoms with Gasteiger partial charge >= 0.3 is 5.97 Å². The van der Waals surface area contributed by atoms with Crippen LogP contribution in [0.3, 0.4) is 0 Å². The SMILES string of the molecule is COc1ccc(Sc2cc3nc(-n4cc(C(=O)O)cn4)[nH]c3cc2C)cc1. The van der Waals surface area contributed by atoms with Crippen molar-refractivity contribution >= 4 is 28.8 Å². The number of rotatable bonds is 5. The Balaban J connectivity index is 1.66. The largest absolute Gasteiger partial charge is 0.497 e. The van der Waals surface area contributed by atoms with Crippen molar-refractivity contribution in [3.63, 3.8) is 0 Å². The number of benzene rings is 2. The Kier molecular flexibility index (Phi) is 4.33. The normalized spacial score (nSPS) is 11.0. The molecule has 0 fully saturated rings. The number of nitrogens with zero attached hydrogens (tertiary/aromatic N) is 3. The highest BCUT2D eigenvalue weighted by atomic mass is 32.2. The van der Waals surface area contributed by atoms with Crippen molar-refractivity contribution in [3.05, 3.63) is 59.9 Å². The van der Waals surface area contributed by atoms with Crippen molar-refractivity contribution < 1.29 is 14.6 Å². The molecule has 0 atom stereocenters. The molecule has 0 radical (unpaired) electrons. The van der Waals surface area contributed by atoms with Crippen LogP contribution in [0.15, 0.2) is 58.6 Å². The molecule has 8 heteroatoms. The number of hydrogen-bond acceptors (Lipinski definition) is 5. The van der Waals surface area contributed by atoms with Crippen molar-refractivity contribution in [2.24, 2.45) is 0 Å². The van der Waals surface area contributed by atoms with Crippen LogP contribution >= 0.6 is 11.8 Å². The van der Waals surface area contributed by atoms with Crippen molar-refractivity contribution in [3.8, 4) is 11.7 Å². The fourth-order valence-corrected chi connectivity index (χ4v) is 3.59. The van der Waals surface area contributed by atoms with Gasteiger partial charge in [-0.1, -0.05) is 11.8 Å². The fraction of sp³-hybridized carbons (Fsp3) is 0.105. The standard InChI is InChI=1S/C19H16N4O3S/c1-11-7-15-16(8-17(11)27-14-5-3-13(26-2)4-6-14)22-19(21-15)23-10-12(9-20-23)18(24)25/h3-10H,1-2H3,(H,21,22)(H,24,25). The smallest absolute Gasteiger partial charge is 0.338 e. The maximum atomic E-state index is 11.0. The molecule has 0 saturated heterocycles. The minimum atomic E-state index is -1.02. The highest BCUT2D eigenvalue weighted by molar-refractivity contribution is 7.99. The van der Waals surface area contributed by atoms with E-state index in [2.05, 4.69) is 15.1 Å². The average Bonchev–Trinajstić information content (AvgIpc) is 3.29. The first-order chi connectivity index (χ1) is 13.0. The Labute approximate surface area is 159 Å². The van der Waals surface area contributed by atoms with E-state index in [0.717, 1.165) is 32.1 Å². The van der Waals surface area contributed by atoms with Gasteiger partial charge in [-0.2, -0.15) is 5.10 Å². The lowest BCUT2D eigenvalue weighted by Gasteiger charge is -2.06. The number of nitrogens with one attached hydrogen (secondary N) is 1. The van der Waals surface area contributed by atoms with E-state index in [1.807, 2.05) is 43.3 Å². The summed E-state index contributed by atoms with van der Waals surface area (Å²) < 4.78 is 6.62. The fourth-order valence-electron chi connectivity index (χ4n) is 2.67. The summed E-state index contributed by atoms with van der Waals surface area (Å²) in [6.45, 7) is 2.04. The van der Waals surface area contributed by atoms with Crippen molar-refractivity contribution in [1.82, 2.24) is 19.7 Å². The molecular formula is C19H16N4O3S. The van der Waals surface area contributed by atoms with Crippen LogP contribution in [0.5, 0.6) is 5.75 Å². The van der Waals surface area contributed by atoms with Gasteiger partial charge in [-0.3, -0.25) is 0 Å². The number of aryl methyl sites for hydroxylation is 1. The van der Waals surface area contributed by atoms with Gasteiger partial charge in [-0.25, -0.2) is 14.5 Å². The maximum absolute atomic E-state index is 11.0. The number of carboxylic acid groups (broad SMARTS) is 1. The summed E-state index contributed by atoms with van der Waals surface area (Å²) in [5.41, 5.74) is 2.89. The van der Waals surface area contributed by atoms with Gasteiger partial charge in [0.25, 0.3) is 0 Å². The van der Waals surface area contributed by atoms with Crippen molar-refractivity contribution in [2.75, 3.05) is 7.11 Å². The number of methoxy groups -OCH3 is 1. The summed E-state index contributed by atoms with van der Waals surface area (Å²) in [6.07, 6.45) is 2.73. The molecule has 0 bridgehead atoms. The molecule has 136 valence electrons. The lowest BCUT2D eigenvalue weighted by molar-refractivity contribution is 0.0697. The highest BCUT2D eigenvalue weighted by Gasteiger charge is 2.12. The second-order valence-corrected chi connectivity index (χ2v) is 7.07. The second-order valence-electron chi connectivity index (χ2n) is 5.95. The van der Waals surface area contributed by atoms with Gasteiger partial charge < -0.3 is 14.8 Å². The highest BCUT2D eigenvalue weighted by Crippen LogP contribution is 2.33. The van der Waals surface area contributed by atoms with Crippen LogP contribution in [0.1, 0.15) is 15.9 Å². The second kappa shape index (κ2) is 6.81. The summed E-state index contributed by atoms with van der Waals surface area (Å²) in [7, 11) is 1.65. The molecule has 0 unspecified atom stereocenters. The Hall–Kier alpha value is -3.26. The van der Waals surface area contributed by atoms with E-state index in [1.165, 1.54) is 17.1 Å². The van der Waals surface area contributed by atoms with Crippen LogP contribution in [0, 0.1) is 6.92 Å². The predicted octanol–water partition coefficient (Wildman–Crippen LogP) is 3.92. The molecule has 4 aromatic rings. The lowest BCUT2D eigenvalue weighted by Crippen LogP contribution is -1.97. The molecule has 2 aromatic carbocycles. The summed E-state index contributed by atoms with van der Waals surface area (Å²) >= 11 is 1.65. The van der Waals surface area contributed by atoms with E-state index < -0.39 is 5.97 Å². The van der Waals surface area contributed by atoms with Crippen LogP contribution in [0.25, 0.3) is 17.0 Å². The summed E-state index contributed by atoms with van der Waals surface area (Å²) in [6, 6.07) is 11.9. The number of aromatic carboxylic acids is 1. The number of ether oxygens (including phenoxy) is 1. The number of fused-ring (bicyclic) bond motifs is 1. The number of carboxylic acids is 1. The zero-order valence-electron chi connectivity index (χ0n) is 14.6. The molecule has 0 aliphatic carbocycles. The van der Waals surface area contributed by atoms with Gasteiger partial charge in [0.05, 0.1) is 29.9 Å². The van der Waals surface area contributed by atoms with Gasteiger partial charge in [0, 0.05) is 16.0 Å². The first-order valence-corrected chi connectivity index (χ1v) is 8.96. The van der Waals surface area contributed by atoms with E-state index in [9.17, 15) is 4.79 Å². The quantitative estimate of drug-likeness (QED) is 0.545. The molecule has 2 aromatic heterocycles. The zero-order valence-corrected chi connectivity index (χ0v) is 15.4. The molecule has 0 amide bonds. The molecule has 0 aliphatic heterocycles. The van der Waals surface area contributed by atoms with Crippen molar-refractivity contribution in [2.45, 2.75) is 16.7 Å². The van der Waals surface area contributed by atoms with Gasteiger partial charge in [0.2, 0.25) is 5.95 Å². The van der Waals surface area contributed by atoms with Crippen LogP contribution in [0.4, 0.5) is 0 Å². The number of carbonyl (C=O) groups is 1. The molecule has 0 aliphatic rings. The third-order valence-corrected chi connectivity index (χ3v) is 5.27. The average molecular weight is 380 g/mol. The van der Waals surface area contributed by atoms with E-state index in [1.54, 1.807) is 18.9 Å². The molecule has 4 rings (SSSR count). The third-order valence-electron chi connectivity index (χ3n) is 4.10. The summed E-state index contributed by atoms with van der Waals surface area (Å²) in [5.74, 6) is 0.276. The zero-order chi connectivity index (χ0) is 19.0. The first-order valence-electron chi connectivity index (χ1n) is 8.14. The van der Waals surface area contributed by atoms with Crippen LogP contribution < -0.4 is 4.74 Å². The Bertz CT molecular complexity index is 1130. The number of H-pyrrole nitrogens is 1. The van der Waals surface area contributed by atoms with Crippen molar-refractivity contribution in [1.29, 1.82) is 0 Å². The number of hydrogen-bond donors (Lipinski definition) is 2. The lowest BCUT2D eigenvalue weighted by atomic mass is 10.2. The maximum Gasteiger partial charge on any atom is 0.338 e. The topological polar surface area (TPSA) is 93.0 Å². The monoisotopic (exact) mass is 380 g/mol. The van der Waals surface area contributed by atoms with Gasteiger partial charge in [0.15, 0.2) is 0 Å². The number of aromatic nitrogens is 4. The van der Waals surface area contributed by atoms with Crippen LogP contribution in [0.2, 0.25) is 0 Å². The Morgan fingerprint density at radius 1 is 1.26 bits per heavy atom. The van der Waals surface area contributed by atoms with Gasteiger partial charge in [-0.15, -0.1) is 0 Å². The molecule has 7 nitrogen and oxygen atoms in total. The number of imidazole rings is 1. The van der Waals surface area contributed by atoms with E-state index in [-0.39, 0.29) is 5.56 Å². The van der Waals surface area contributed by atoms with E-state index >= 15 is 0 Å². The summed E-state index contributed by atoms with van der Waals surface area (Å²) in [4.78, 5) is 21.0. The number of aromatic amines is 1. The Morgan fingerprint density at radius 2 is 2.04 bits per heavy atom. The minimum absolute atomic E-state index is 0.113. The molecule has 2 N–H and O–H groups in total. The van der Waals surface area contributed by atoms with E-state index in [4.69, 9.17) is 9.84 Å². The molecule has 0 saturated carbocycles. The molecule has 2 heterocycles.